The Morgan fingerprint density at radius 1 is 1.14 bits per heavy atom. The molecule has 1 aliphatic rings. The third-order valence-corrected chi connectivity index (χ3v) is 3.98. The zero-order valence-electron chi connectivity index (χ0n) is 15.7. The van der Waals surface area contributed by atoms with Crippen LogP contribution in [0.4, 0.5) is 16.2 Å². The number of carbonyl (C=O) groups is 2. The molecular weight excluding hydrogens is 362 g/mol. The highest BCUT2D eigenvalue weighted by molar-refractivity contribution is 6.55. The molecule has 8 nitrogen and oxygen atoms in total. The molecule has 0 saturated heterocycles. The SMILES string of the molecule is CC(C)(C)OC(=O)/N=C1/C(=O)N(Cc2ccc([N+](=O)[O-])cc2)c2ccccc21. The summed E-state index contributed by atoms with van der Waals surface area (Å²) in [6, 6.07) is 13.0. The van der Waals surface area contributed by atoms with E-state index in [4.69, 9.17) is 4.74 Å². The van der Waals surface area contributed by atoms with Gasteiger partial charge in [0.2, 0.25) is 0 Å². The topological polar surface area (TPSA) is 102 Å². The summed E-state index contributed by atoms with van der Waals surface area (Å²) < 4.78 is 5.19. The molecule has 0 bridgehead atoms. The van der Waals surface area contributed by atoms with Gasteiger partial charge in [-0.25, -0.2) is 4.79 Å². The van der Waals surface area contributed by atoms with Crippen molar-refractivity contribution in [1.82, 2.24) is 0 Å². The fraction of sp³-hybridized carbons (Fsp3) is 0.250. The number of nitrogens with zero attached hydrogens (tertiary/aromatic N) is 3. The summed E-state index contributed by atoms with van der Waals surface area (Å²) in [6.45, 7) is 5.35. The van der Waals surface area contributed by atoms with Crippen molar-refractivity contribution in [3.05, 3.63) is 69.8 Å². The van der Waals surface area contributed by atoms with Gasteiger partial charge in [-0.1, -0.05) is 30.3 Å². The van der Waals surface area contributed by atoms with Crippen LogP contribution in [0.2, 0.25) is 0 Å². The number of aliphatic imine (C=N–C) groups is 1. The van der Waals surface area contributed by atoms with E-state index < -0.39 is 22.5 Å². The Labute approximate surface area is 161 Å². The normalized spacial score (nSPS) is 14.9. The number of non-ortho nitro benzene ring substituents is 1. The Kier molecular flexibility index (Phi) is 4.96. The van der Waals surface area contributed by atoms with Crippen LogP contribution in [-0.4, -0.2) is 28.2 Å². The molecular formula is C20H19N3O5. The molecule has 0 fully saturated rings. The zero-order valence-corrected chi connectivity index (χ0v) is 15.7. The molecule has 0 spiro atoms. The summed E-state index contributed by atoms with van der Waals surface area (Å²) >= 11 is 0. The van der Waals surface area contributed by atoms with Crippen molar-refractivity contribution < 1.29 is 19.2 Å². The molecule has 0 atom stereocenters. The number of nitro benzene ring substituents is 1. The minimum absolute atomic E-state index is 0.0201. The Morgan fingerprint density at radius 3 is 2.39 bits per heavy atom. The van der Waals surface area contributed by atoms with E-state index in [2.05, 4.69) is 4.99 Å². The Morgan fingerprint density at radius 2 is 1.79 bits per heavy atom. The monoisotopic (exact) mass is 381 g/mol. The maximum Gasteiger partial charge on any atom is 0.434 e. The average molecular weight is 381 g/mol. The van der Waals surface area contributed by atoms with Gasteiger partial charge >= 0.3 is 6.09 Å². The smallest absolute Gasteiger partial charge is 0.434 e. The molecule has 8 heteroatoms. The van der Waals surface area contributed by atoms with Crippen LogP contribution in [0.15, 0.2) is 53.5 Å². The van der Waals surface area contributed by atoms with Crippen molar-refractivity contribution in [2.75, 3.05) is 4.90 Å². The molecule has 3 rings (SSSR count). The van der Waals surface area contributed by atoms with Gasteiger partial charge in [-0.2, -0.15) is 4.99 Å². The Balaban J connectivity index is 1.90. The number of carbonyl (C=O) groups excluding carboxylic acids is 2. The average Bonchev–Trinajstić information content (AvgIpc) is 2.86. The van der Waals surface area contributed by atoms with Gasteiger partial charge in [0, 0.05) is 17.7 Å². The van der Waals surface area contributed by atoms with E-state index in [1.54, 1.807) is 57.2 Å². The minimum Gasteiger partial charge on any atom is -0.442 e. The number of ether oxygens (including phenoxy) is 1. The molecule has 0 aromatic heterocycles. The molecule has 0 N–H and O–H groups in total. The second kappa shape index (κ2) is 7.22. The molecule has 2 aromatic carbocycles. The van der Waals surface area contributed by atoms with E-state index in [-0.39, 0.29) is 17.9 Å². The van der Waals surface area contributed by atoms with Gasteiger partial charge in [-0.3, -0.25) is 14.9 Å². The summed E-state index contributed by atoms with van der Waals surface area (Å²) in [5.74, 6) is -0.426. The zero-order chi connectivity index (χ0) is 20.5. The van der Waals surface area contributed by atoms with Gasteiger partial charge in [0.1, 0.15) is 11.3 Å². The van der Waals surface area contributed by atoms with E-state index in [1.165, 1.54) is 17.0 Å². The van der Waals surface area contributed by atoms with E-state index in [0.717, 1.165) is 0 Å². The molecule has 0 unspecified atom stereocenters. The highest BCUT2D eigenvalue weighted by atomic mass is 16.6. The van der Waals surface area contributed by atoms with Crippen LogP contribution in [0.1, 0.15) is 31.9 Å². The third-order valence-electron chi connectivity index (χ3n) is 3.98. The van der Waals surface area contributed by atoms with Crippen LogP contribution in [-0.2, 0) is 16.1 Å². The lowest BCUT2D eigenvalue weighted by Crippen LogP contribution is -2.30. The first-order valence-corrected chi connectivity index (χ1v) is 8.62. The number of hydrogen-bond acceptors (Lipinski definition) is 5. The van der Waals surface area contributed by atoms with Crippen molar-refractivity contribution in [3.63, 3.8) is 0 Å². The van der Waals surface area contributed by atoms with Gasteiger partial charge in [0.05, 0.1) is 17.2 Å². The molecule has 0 saturated carbocycles. The largest absolute Gasteiger partial charge is 0.442 e. The fourth-order valence-electron chi connectivity index (χ4n) is 2.81. The molecule has 0 aliphatic carbocycles. The van der Waals surface area contributed by atoms with E-state index in [9.17, 15) is 19.7 Å². The molecule has 1 aliphatic heterocycles. The van der Waals surface area contributed by atoms with Crippen molar-refractivity contribution >= 4 is 29.1 Å². The van der Waals surface area contributed by atoms with Crippen molar-refractivity contribution in [2.24, 2.45) is 4.99 Å². The van der Waals surface area contributed by atoms with Crippen LogP contribution in [0.5, 0.6) is 0 Å². The molecule has 144 valence electrons. The van der Waals surface area contributed by atoms with Crippen molar-refractivity contribution in [1.29, 1.82) is 0 Å². The number of benzene rings is 2. The van der Waals surface area contributed by atoms with Gasteiger partial charge in [-0.05, 0) is 32.4 Å². The number of nitro groups is 1. The summed E-state index contributed by atoms with van der Waals surface area (Å²) in [6.07, 6.45) is -0.831. The van der Waals surface area contributed by atoms with Crippen LogP contribution in [0, 0.1) is 10.1 Å². The lowest BCUT2D eigenvalue weighted by atomic mass is 10.1. The first-order chi connectivity index (χ1) is 13.2. The van der Waals surface area contributed by atoms with Gasteiger partial charge in [0.25, 0.3) is 11.6 Å². The van der Waals surface area contributed by atoms with Crippen molar-refractivity contribution in [2.45, 2.75) is 32.9 Å². The van der Waals surface area contributed by atoms with Crippen molar-refractivity contribution in [3.8, 4) is 0 Å². The van der Waals surface area contributed by atoms with Crippen LogP contribution in [0.25, 0.3) is 0 Å². The summed E-state index contributed by atoms with van der Waals surface area (Å²) in [7, 11) is 0. The maximum absolute atomic E-state index is 12.9. The number of amides is 2. The second-order valence-corrected chi connectivity index (χ2v) is 7.27. The van der Waals surface area contributed by atoms with Gasteiger partial charge < -0.3 is 9.64 Å². The second-order valence-electron chi connectivity index (χ2n) is 7.27. The van der Waals surface area contributed by atoms with Gasteiger partial charge in [0.15, 0.2) is 0 Å². The number of rotatable bonds is 3. The van der Waals surface area contributed by atoms with E-state index in [0.29, 0.717) is 16.8 Å². The maximum atomic E-state index is 12.9. The molecule has 0 radical (unpaired) electrons. The number of hydrogen-bond donors (Lipinski definition) is 0. The molecule has 1 heterocycles. The highest BCUT2D eigenvalue weighted by Gasteiger charge is 2.35. The highest BCUT2D eigenvalue weighted by Crippen LogP contribution is 2.31. The summed E-state index contributed by atoms with van der Waals surface area (Å²) in [5, 5.41) is 10.8. The first kappa shape index (κ1) is 19.2. The molecule has 2 amide bonds. The molecule has 28 heavy (non-hydrogen) atoms. The Bertz CT molecular complexity index is 974. The minimum atomic E-state index is -0.831. The standard InChI is InChI=1S/C20H19N3O5/c1-20(2,3)28-19(25)21-17-15-6-4-5-7-16(15)22(18(17)24)12-13-8-10-14(11-9-13)23(26)27/h4-11H,12H2,1-3H3/b21-17+. The molecule has 2 aromatic rings. The third kappa shape index (κ3) is 4.06. The van der Waals surface area contributed by atoms with Crippen LogP contribution in [0.3, 0.4) is 0 Å². The quantitative estimate of drug-likeness (QED) is 0.593. The lowest BCUT2D eigenvalue weighted by molar-refractivity contribution is -0.384. The number of para-hydroxylation sites is 1. The summed E-state index contributed by atoms with van der Waals surface area (Å²) in [5.41, 5.74) is 1.15. The van der Waals surface area contributed by atoms with E-state index >= 15 is 0 Å². The predicted molar refractivity (Wildman–Crippen MR) is 103 cm³/mol. The summed E-state index contributed by atoms with van der Waals surface area (Å²) in [4.78, 5) is 40.7. The predicted octanol–water partition coefficient (Wildman–Crippen LogP) is 3.87. The first-order valence-electron chi connectivity index (χ1n) is 8.62. The van der Waals surface area contributed by atoms with Crippen LogP contribution >= 0.6 is 0 Å². The van der Waals surface area contributed by atoms with E-state index in [1.807, 2.05) is 0 Å². The fourth-order valence-corrected chi connectivity index (χ4v) is 2.81. The van der Waals surface area contributed by atoms with Gasteiger partial charge in [-0.15, -0.1) is 0 Å². The number of anilines is 1. The lowest BCUT2D eigenvalue weighted by Gasteiger charge is -2.17. The number of fused-ring (bicyclic) bond motifs is 1. The Hall–Kier alpha value is -3.55. The van der Waals surface area contributed by atoms with Crippen LogP contribution < -0.4 is 4.90 Å².